The summed E-state index contributed by atoms with van der Waals surface area (Å²) in [5.41, 5.74) is 0.319. The Hall–Kier alpha value is -1.47. The zero-order valence-electron chi connectivity index (χ0n) is 11.7. The van der Waals surface area contributed by atoms with Crippen molar-refractivity contribution in [1.82, 2.24) is 15.2 Å². The van der Waals surface area contributed by atoms with Gasteiger partial charge in [-0.2, -0.15) is 0 Å². The first-order valence-electron chi connectivity index (χ1n) is 6.74. The van der Waals surface area contributed by atoms with Crippen LogP contribution in [0.5, 0.6) is 0 Å². The van der Waals surface area contributed by atoms with Crippen molar-refractivity contribution in [2.75, 3.05) is 26.7 Å². The number of nitrogens with zero attached hydrogens (tertiary/aromatic N) is 2. The van der Waals surface area contributed by atoms with Crippen LogP contribution < -0.4 is 5.32 Å². The number of esters is 1. The third-order valence-electron chi connectivity index (χ3n) is 3.35. The fraction of sp³-hybridized carbons (Fsp3) is 0.615. The Labute approximate surface area is 122 Å². The highest BCUT2D eigenvalue weighted by atomic mass is 32.1. The molecule has 1 fully saturated rings. The molecule has 0 aromatic carbocycles. The second-order valence-electron chi connectivity index (χ2n) is 4.66. The Kier molecular flexibility index (Phi) is 5.08. The molecule has 0 spiro atoms. The highest BCUT2D eigenvalue weighted by Crippen LogP contribution is 2.16. The minimum atomic E-state index is -0.471. The molecule has 1 amide bonds. The van der Waals surface area contributed by atoms with Gasteiger partial charge in [0.25, 0.3) is 5.91 Å². The lowest BCUT2D eigenvalue weighted by atomic mass is 10.1. The van der Waals surface area contributed by atoms with Crippen LogP contribution in [0.4, 0.5) is 0 Å². The molecule has 0 aliphatic carbocycles. The Morgan fingerprint density at radius 3 is 2.85 bits per heavy atom. The quantitative estimate of drug-likeness (QED) is 0.844. The summed E-state index contributed by atoms with van der Waals surface area (Å²) >= 11 is 1.14. The number of aromatic nitrogens is 1. The first-order chi connectivity index (χ1) is 9.63. The summed E-state index contributed by atoms with van der Waals surface area (Å²) in [6.07, 6.45) is 1.88. The summed E-state index contributed by atoms with van der Waals surface area (Å²) in [5.74, 6) is -0.607. The van der Waals surface area contributed by atoms with Crippen LogP contribution in [0.25, 0.3) is 0 Å². The van der Waals surface area contributed by atoms with E-state index in [1.54, 1.807) is 24.3 Å². The third-order valence-corrected chi connectivity index (χ3v) is 4.17. The number of amides is 1. The number of carbonyl (C=O) groups is 2. The van der Waals surface area contributed by atoms with Crippen molar-refractivity contribution < 1.29 is 14.3 Å². The molecule has 20 heavy (non-hydrogen) atoms. The van der Waals surface area contributed by atoms with E-state index in [9.17, 15) is 9.59 Å². The van der Waals surface area contributed by atoms with Crippen molar-refractivity contribution in [1.29, 1.82) is 0 Å². The minimum Gasteiger partial charge on any atom is -0.461 e. The van der Waals surface area contributed by atoms with Gasteiger partial charge < -0.3 is 15.0 Å². The van der Waals surface area contributed by atoms with E-state index in [2.05, 4.69) is 10.3 Å². The van der Waals surface area contributed by atoms with Crippen LogP contribution in [0.2, 0.25) is 0 Å². The van der Waals surface area contributed by atoms with Gasteiger partial charge in [-0.3, -0.25) is 4.79 Å². The topological polar surface area (TPSA) is 71.5 Å². The minimum absolute atomic E-state index is 0.135. The monoisotopic (exact) mass is 297 g/mol. The van der Waals surface area contributed by atoms with Crippen molar-refractivity contribution in [2.24, 2.45) is 0 Å². The first kappa shape index (κ1) is 14.9. The van der Waals surface area contributed by atoms with Crippen LogP contribution in [0.1, 0.15) is 40.1 Å². The van der Waals surface area contributed by atoms with Gasteiger partial charge in [-0.25, -0.2) is 9.78 Å². The number of rotatable bonds is 4. The van der Waals surface area contributed by atoms with Gasteiger partial charge in [0.05, 0.1) is 6.61 Å². The van der Waals surface area contributed by atoms with Gasteiger partial charge in [0.2, 0.25) is 5.01 Å². The SMILES string of the molecule is CCOC(=O)c1nc(C(=O)N(C)C2CCNCC2)cs1. The smallest absolute Gasteiger partial charge is 0.367 e. The lowest BCUT2D eigenvalue weighted by Crippen LogP contribution is -2.44. The second-order valence-corrected chi connectivity index (χ2v) is 5.51. The Morgan fingerprint density at radius 1 is 1.50 bits per heavy atom. The maximum atomic E-state index is 12.3. The molecule has 0 radical (unpaired) electrons. The maximum Gasteiger partial charge on any atom is 0.367 e. The second kappa shape index (κ2) is 6.81. The van der Waals surface area contributed by atoms with Gasteiger partial charge in [0, 0.05) is 18.5 Å². The zero-order valence-corrected chi connectivity index (χ0v) is 12.5. The molecule has 0 unspecified atom stereocenters. The van der Waals surface area contributed by atoms with Crippen molar-refractivity contribution in [2.45, 2.75) is 25.8 Å². The van der Waals surface area contributed by atoms with Gasteiger partial charge >= 0.3 is 5.97 Å². The van der Waals surface area contributed by atoms with Gasteiger partial charge in [0.1, 0.15) is 5.69 Å². The average molecular weight is 297 g/mol. The molecule has 1 aromatic rings. The molecule has 0 saturated carbocycles. The summed E-state index contributed by atoms with van der Waals surface area (Å²) in [5, 5.41) is 5.12. The number of ether oxygens (including phenoxy) is 1. The summed E-state index contributed by atoms with van der Waals surface area (Å²) in [7, 11) is 1.79. The molecule has 2 rings (SSSR count). The van der Waals surface area contributed by atoms with Gasteiger partial charge in [0.15, 0.2) is 0 Å². The Bertz CT molecular complexity index is 483. The van der Waals surface area contributed by atoms with Crippen molar-refractivity contribution >= 4 is 23.2 Å². The molecule has 1 N–H and O–H groups in total. The van der Waals surface area contributed by atoms with Crippen molar-refractivity contribution in [3.8, 4) is 0 Å². The molecule has 2 heterocycles. The average Bonchev–Trinajstić information content (AvgIpc) is 2.97. The van der Waals surface area contributed by atoms with Gasteiger partial charge in [-0.05, 0) is 32.9 Å². The third kappa shape index (κ3) is 3.34. The van der Waals surface area contributed by atoms with Crippen LogP contribution in [0.15, 0.2) is 5.38 Å². The fourth-order valence-corrected chi connectivity index (χ4v) is 2.88. The molecule has 110 valence electrons. The zero-order chi connectivity index (χ0) is 14.5. The fourth-order valence-electron chi connectivity index (χ4n) is 2.20. The molecule has 1 aliphatic heterocycles. The van der Waals surface area contributed by atoms with Crippen LogP contribution >= 0.6 is 11.3 Å². The molecular formula is C13H19N3O3S. The van der Waals surface area contributed by atoms with Crippen LogP contribution in [-0.2, 0) is 4.74 Å². The van der Waals surface area contributed by atoms with E-state index in [1.165, 1.54) is 0 Å². The van der Waals surface area contributed by atoms with E-state index in [4.69, 9.17) is 4.74 Å². The van der Waals surface area contributed by atoms with Crippen LogP contribution in [-0.4, -0.2) is 54.5 Å². The van der Waals surface area contributed by atoms with E-state index in [1.807, 2.05) is 0 Å². The molecular weight excluding hydrogens is 278 g/mol. The molecule has 0 bridgehead atoms. The normalized spacial score (nSPS) is 15.9. The van der Waals surface area contributed by atoms with Crippen molar-refractivity contribution in [3.05, 3.63) is 16.1 Å². The molecule has 6 nitrogen and oxygen atoms in total. The number of hydrogen-bond donors (Lipinski definition) is 1. The molecule has 0 atom stereocenters. The lowest BCUT2D eigenvalue weighted by Gasteiger charge is -2.31. The van der Waals surface area contributed by atoms with Crippen LogP contribution in [0.3, 0.4) is 0 Å². The molecule has 1 aromatic heterocycles. The number of carbonyl (C=O) groups excluding carboxylic acids is 2. The number of hydrogen-bond acceptors (Lipinski definition) is 6. The van der Waals surface area contributed by atoms with E-state index < -0.39 is 5.97 Å². The standard InChI is InChI=1S/C13H19N3O3S/c1-3-19-13(18)11-15-10(8-20-11)12(17)16(2)9-4-6-14-7-5-9/h8-9,14H,3-7H2,1-2H3. The number of nitrogens with one attached hydrogen (secondary N) is 1. The maximum absolute atomic E-state index is 12.3. The summed E-state index contributed by atoms with van der Waals surface area (Å²) in [6.45, 7) is 3.89. The summed E-state index contributed by atoms with van der Waals surface area (Å²) in [4.78, 5) is 29.7. The van der Waals surface area contributed by atoms with Gasteiger partial charge in [-0.15, -0.1) is 11.3 Å². The van der Waals surface area contributed by atoms with E-state index in [0.29, 0.717) is 12.3 Å². The molecule has 1 saturated heterocycles. The van der Waals surface area contributed by atoms with Gasteiger partial charge in [-0.1, -0.05) is 0 Å². The highest BCUT2D eigenvalue weighted by molar-refractivity contribution is 7.11. The Morgan fingerprint density at radius 2 is 2.20 bits per heavy atom. The lowest BCUT2D eigenvalue weighted by molar-refractivity contribution is 0.0526. The first-order valence-corrected chi connectivity index (χ1v) is 7.62. The molecule has 1 aliphatic rings. The van der Waals surface area contributed by atoms with E-state index in [0.717, 1.165) is 37.3 Å². The summed E-state index contributed by atoms with van der Waals surface area (Å²) in [6, 6.07) is 0.233. The largest absolute Gasteiger partial charge is 0.461 e. The molecule has 7 heteroatoms. The summed E-state index contributed by atoms with van der Waals surface area (Å²) < 4.78 is 4.87. The van der Waals surface area contributed by atoms with E-state index >= 15 is 0 Å². The number of thiazole rings is 1. The highest BCUT2D eigenvalue weighted by Gasteiger charge is 2.25. The predicted molar refractivity (Wildman–Crippen MR) is 76.1 cm³/mol. The van der Waals surface area contributed by atoms with Crippen LogP contribution in [0, 0.1) is 0 Å². The van der Waals surface area contributed by atoms with E-state index in [-0.39, 0.29) is 17.0 Å². The number of piperidine rings is 1. The van der Waals surface area contributed by atoms with Crippen molar-refractivity contribution in [3.63, 3.8) is 0 Å². The Balaban J connectivity index is 2.03. The predicted octanol–water partition coefficient (Wildman–Crippen LogP) is 1.14.